The molecule has 4 amide bonds. The number of ether oxygens (including phenoxy) is 5. The summed E-state index contributed by atoms with van der Waals surface area (Å²) in [4.78, 5) is 63.4. The van der Waals surface area contributed by atoms with Gasteiger partial charge in [-0.05, 0) is 109 Å². The maximum atomic E-state index is 15.1. The van der Waals surface area contributed by atoms with Gasteiger partial charge in [0.25, 0.3) is 0 Å². The van der Waals surface area contributed by atoms with Crippen LogP contribution in [-0.2, 0) is 33.9 Å². The number of amides is 4. The van der Waals surface area contributed by atoms with Crippen LogP contribution < -0.4 is 29.6 Å². The number of methoxy groups -OCH3 is 2. The molecule has 63 heavy (non-hydrogen) atoms. The van der Waals surface area contributed by atoms with Gasteiger partial charge < -0.3 is 39.2 Å². The lowest BCUT2D eigenvalue weighted by atomic mass is 9.86. The van der Waals surface area contributed by atoms with E-state index in [1.54, 1.807) is 54.2 Å². The van der Waals surface area contributed by atoms with Crippen molar-refractivity contribution >= 4 is 44.6 Å². The smallest absolute Gasteiger partial charge is 0.408 e. The molecule has 1 aromatic carbocycles. The molecule has 17 heteroatoms. The lowest BCUT2D eigenvalue weighted by molar-refractivity contribution is -0.142. The summed E-state index contributed by atoms with van der Waals surface area (Å²) in [5.41, 5.74) is -1.37. The summed E-state index contributed by atoms with van der Waals surface area (Å²) in [6.45, 7) is 13.6. The summed E-state index contributed by atoms with van der Waals surface area (Å²) in [7, 11) is -0.795. The third-order valence-corrected chi connectivity index (χ3v) is 14.9. The number of carbonyl (C=O) groups excluding carboxylic acids is 4. The van der Waals surface area contributed by atoms with Gasteiger partial charge in [0.05, 0.1) is 37.1 Å². The fourth-order valence-electron chi connectivity index (χ4n) is 9.07. The summed E-state index contributed by atoms with van der Waals surface area (Å²) >= 11 is 0. The molecule has 4 aliphatic rings. The van der Waals surface area contributed by atoms with Crippen molar-refractivity contribution in [2.75, 3.05) is 34.0 Å². The Bertz CT molecular complexity index is 2150. The van der Waals surface area contributed by atoms with E-state index in [9.17, 15) is 22.8 Å². The van der Waals surface area contributed by atoms with Crippen LogP contribution in [0.15, 0.2) is 36.5 Å². The van der Waals surface area contributed by atoms with E-state index in [1.165, 1.54) is 4.90 Å². The van der Waals surface area contributed by atoms with Crippen LogP contribution in [0, 0.1) is 23.2 Å². The van der Waals surface area contributed by atoms with Crippen molar-refractivity contribution in [3.8, 4) is 17.4 Å². The first-order valence-electron chi connectivity index (χ1n) is 22.3. The molecule has 2 heterocycles. The van der Waals surface area contributed by atoms with Crippen LogP contribution in [0.1, 0.15) is 106 Å². The van der Waals surface area contributed by atoms with Crippen molar-refractivity contribution in [2.24, 2.45) is 23.2 Å². The van der Waals surface area contributed by atoms with Gasteiger partial charge in [-0.2, -0.15) is 0 Å². The van der Waals surface area contributed by atoms with E-state index >= 15 is 4.79 Å². The highest BCUT2D eigenvalue weighted by molar-refractivity contribution is 7.91. The van der Waals surface area contributed by atoms with Crippen molar-refractivity contribution in [2.45, 2.75) is 141 Å². The highest BCUT2D eigenvalue weighted by atomic mass is 32.2. The fraction of sp³-hybridized carbons (Fsp3) is 0.674. The first-order chi connectivity index (χ1) is 29.7. The number of likely N-dealkylation sites (tertiary alicyclic amines) is 1. The molecule has 348 valence electrons. The molecule has 3 N–H and O–H groups in total. The number of hydrogen-bond acceptors (Lipinski definition) is 12. The molecule has 0 spiro atoms. The third kappa shape index (κ3) is 11.2. The van der Waals surface area contributed by atoms with Gasteiger partial charge in [-0.25, -0.2) is 18.2 Å². The van der Waals surface area contributed by atoms with E-state index in [2.05, 4.69) is 34.2 Å². The molecule has 0 bridgehead atoms. The Morgan fingerprint density at radius 3 is 2.37 bits per heavy atom. The monoisotopic (exact) mass is 897 g/mol. The number of carbonyl (C=O) groups is 4. The molecule has 6 rings (SSSR count). The van der Waals surface area contributed by atoms with Crippen molar-refractivity contribution < 1.29 is 51.3 Å². The van der Waals surface area contributed by atoms with Crippen molar-refractivity contribution in [3.63, 3.8) is 0 Å². The highest BCUT2D eigenvalue weighted by Gasteiger charge is 2.57. The van der Waals surface area contributed by atoms with Gasteiger partial charge in [-0.1, -0.05) is 32.9 Å². The van der Waals surface area contributed by atoms with Gasteiger partial charge in [-0.15, -0.1) is 0 Å². The number of aromatic nitrogens is 1. The Morgan fingerprint density at radius 1 is 1.02 bits per heavy atom. The second-order valence-corrected chi connectivity index (χ2v) is 21.5. The predicted molar refractivity (Wildman–Crippen MR) is 237 cm³/mol. The molecule has 3 aliphatic carbocycles. The standard InChI is InChI=1S/C46H67N5O11S/c1-10-11-12-29-13-16-34(37(29)40(53)50-63(56,57)45(7)17-18-45)48-39(52)35-24-31(61-41-32-15-14-30(59-9)23-33(32)36(26-47-41)60-22-21-58-8)27-51(35)42(54)38(46(19-20-46)25-28(2)3)49-43(55)62-44(4,5)6/h11-12,14-15,23,26,28-29,31,34-35,37-38H,10,13,16-22,24-25,27H2,1-9H3,(H,48,52)(H,49,55)(H,50,53)/b12-11-/t29-,31-,34?,35+,37?,38-/m1/s1. The van der Waals surface area contributed by atoms with Crippen LogP contribution in [0.4, 0.5) is 4.79 Å². The molecule has 2 aromatic rings. The largest absolute Gasteiger partial charge is 0.497 e. The summed E-state index contributed by atoms with van der Waals surface area (Å²) in [5.74, 6) is -1.24. The molecule has 1 aromatic heterocycles. The zero-order chi connectivity index (χ0) is 45.9. The number of sulfonamides is 1. The Balaban J connectivity index is 1.33. The molecule has 0 radical (unpaired) electrons. The molecule has 1 aliphatic heterocycles. The minimum absolute atomic E-state index is 0.0140. The lowest BCUT2D eigenvalue weighted by Gasteiger charge is -2.34. The SMILES string of the molecule is CC/C=C\[C@@H]1CCC(NC(=O)[C@@H]2C[C@@H](Oc3ncc(OCCOC)c4cc(OC)ccc34)CN2C(=O)[C@@H](NC(=O)OC(C)(C)C)C2(CC(C)C)CC2)C1C(=O)NS(=O)(=O)C1(C)CC1. The molecular weight excluding hydrogens is 831 g/mol. The van der Waals surface area contributed by atoms with Crippen LogP contribution in [0.25, 0.3) is 10.8 Å². The van der Waals surface area contributed by atoms with Crippen LogP contribution in [-0.4, -0.2) is 111 Å². The topological polar surface area (TPSA) is 201 Å². The zero-order valence-corrected chi connectivity index (χ0v) is 39.1. The van der Waals surface area contributed by atoms with Crippen molar-refractivity contribution in [1.29, 1.82) is 0 Å². The molecular formula is C46H67N5O11S. The minimum Gasteiger partial charge on any atom is -0.497 e. The van der Waals surface area contributed by atoms with Gasteiger partial charge in [0.15, 0.2) is 0 Å². The second-order valence-electron chi connectivity index (χ2n) is 19.3. The zero-order valence-electron chi connectivity index (χ0n) is 38.3. The maximum absolute atomic E-state index is 15.1. The van der Waals surface area contributed by atoms with Gasteiger partial charge in [0, 0.05) is 35.8 Å². The minimum atomic E-state index is -3.95. The Labute approximate surface area is 372 Å². The van der Waals surface area contributed by atoms with E-state index < -0.39 is 79.7 Å². The number of nitrogens with zero attached hydrogens (tertiary/aromatic N) is 2. The summed E-state index contributed by atoms with van der Waals surface area (Å²) in [6.07, 6.45) is 8.70. The van der Waals surface area contributed by atoms with E-state index in [0.717, 1.165) is 6.42 Å². The molecule has 16 nitrogen and oxygen atoms in total. The summed E-state index contributed by atoms with van der Waals surface area (Å²) in [5, 5.41) is 7.31. The lowest BCUT2D eigenvalue weighted by Crippen LogP contribution is -2.58. The van der Waals surface area contributed by atoms with Crippen molar-refractivity contribution in [1.82, 2.24) is 25.2 Å². The number of alkyl carbamates (subject to hydrolysis) is 1. The van der Waals surface area contributed by atoms with E-state index in [-0.39, 0.29) is 37.3 Å². The number of fused-ring (bicyclic) bond motifs is 1. The first-order valence-corrected chi connectivity index (χ1v) is 23.8. The number of hydrogen-bond donors (Lipinski definition) is 3. The summed E-state index contributed by atoms with van der Waals surface area (Å²) < 4.78 is 56.8. The normalized spacial score (nSPS) is 24.2. The molecule has 4 fully saturated rings. The van der Waals surface area contributed by atoms with Crippen LogP contribution in [0.2, 0.25) is 0 Å². The molecule has 2 unspecified atom stereocenters. The van der Waals surface area contributed by atoms with Gasteiger partial charge in [0.2, 0.25) is 33.6 Å². The van der Waals surface area contributed by atoms with Gasteiger partial charge in [0.1, 0.15) is 41.9 Å². The van der Waals surface area contributed by atoms with Crippen LogP contribution >= 0.6 is 0 Å². The average Bonchev–Trinajstić information content (AvgIpc) is 4.07. The van der Waals surface area contributed by atoms with Crippen LogP contribution in [0.3, 0.4) is 0 Å². The Kier molecular flexibility index (Phi) is 14.6. The molecule has 3 saturated carbocycles. The van der Waals surface area contributed by atoms with Gasteiger partial charge >= 0.3 is 6.09 Å². The number of allylic oxidation sites excluding steroid dienone is 2. The molecule has 1 saturated heterocycles. The Morgan fingerprint density at radius 2 is 1.75 bits per heavy atom. The number of rotatable bonds is 19. The fourth-order valence-corrected chi connectivity index (χ4v) is 10.4. The average molecular weight is 898 g/mol. The molecule has 6 atom stereocenters. The second kappa shape index (κ2) is 19.2. The van der Waals surface area contributed by atoms with Gasteiger partial charge in [-0.3, -0.25) is 19.1 Å². The Hall–Kier alpha value is -4.64. The maximum Gasteiger partial charge on any atom is 0.408 e. The summed E-state index contributed by atoms with van der Waals surface area (Å²) in [6, 6.07) is 2.61. The van der Waals surface area contributed by atoms with E-state index in [0.29, 0.717) is 73.8 Å². The van der Waals surface area contributed by atoms with E-state index in [1.807, 2.05) is 31.2 Å². The number of pyridine rings is 1. The third-order valence-electron chi connectivity index (χ3n) is 12.7. The number of nitrogens with one attached hydrogen (secondary N) is 3. The van der Waals surface area contributed by atoms with E-state index in [4.69, 9.17) is 23.7 Å². The predicted octanol–water partition coefficient (Wildman–Crippen LogP) is 5.81. The van der Waals surface area contributed by atoms with Crippen LogP contribution in [0.5, 0.6) is 17.4 Å². The van der Waals surface area contributed by atoms with Crippen molar-refractivity contribution in [3.05, 3.63) is 36.5 Å². The first kappa shape index (κ1) is 47.8. The quantitative estimate of drug-likeness (QED) is 0.113. The number of benzene rings is 1. The highest BCUT2D eigenvalue weighted by Crippen LogP contribution is 2.54.